The van der Waals surface area contributed by atoms with Crippen molar-refractivity contribution in [1.29, 1.82) is 0 Å². The summed E-state index contributed by atoms with van der Waals surface area (Å²) in [4.78, 5) is 24.5. The van der Waals surface area contributed by atoms with Gasteiger partial charge in [-0.2, -0.15) is 4.98 Å². The number of nitrogens with one attached hydrogen (secondary N) is 1. The number of carbonyl (C=O) groups excluding carboxylic acids is 1. The smallest absolute Gasteiger partial charge is 0.239 e. The molecule has 0 unspecified atom stereocenters. The van der Waals surface area contributed by atoms with Gasteiger partial charge in [0, 0.05) is 18.0 Å². The van der Waals surface area contributed by atoms with Gasteiger partial charge in [0.1, 0.15) is 10.6 Å². The topological polar surface area (TPSA) is 58.1 Å². The Balaban J connectivity index is 2.08. The Labute approximate surface area is 126 Å². The van der Waals surface area contributed by atoms with Crippen molar-refractivity contribution in [2.24, 2.45) is 0 Å². The molecule has 1 saturated heterocycles. The second kappa shape index (κ2) is 5.54. The van der Waals surface area contributed by atoms with E-state index in [1.165, 1.54) is 4.88 Å². The van der Waals surface area contributed by atoms with Crippen molar-refractivity contribution in [1.82, 2.24) is 15.3 Å². The van der Waals surface area contributed by atoms with Crippen LogP contribution in [0.4, 0.5) is 5.82 Å². The molecule has 2 aromatic heterocycles. The Bertz CT molecular complexity index is 657. The molecule has 0 radical (unpaired) electrons. The Hall–Kier alpha value is -1.40. The molecule has 7 heteroatoms. The lowest BCUT2D eigenvalue weighted by Crippen LogP contribution is -2.33. The minimum atomic E-state index is 0.0244. The van der Waals surface area contributed by atoms with Crippen molar-refractivity contribution in [3.05, 3.63) is 16.2 Å². The largest absolute Gasteiger partial charge is 0.354 e. The van der Waals surface area contributed by atoms with Crippen LogP contribution in [0.15, 0.2) is 6.07 Å². The summed E-state index contributed by atoms with van der Waals surface area (Å²) in [6.07, 6.45) is 1.86. The molecule has 5 nitrogen and oxygen atoms in total. The van der Waals surface area contributed by atoms with Crippen LogP contribution in [0.1, 0.15) is 18.2 Å². The number of thiophene rings is 1. The zero-order valence-electron chi connectivity index (χ0n) is 11.1. The Morgan fingerprint density at radius 3 is 3.15 bits per heavy atom. The van der Waals surface area contributed by atoms with Gasteiger partial charge in [-0.15, -0.1) is 11.3 Å². The van der Waals surface area contributed by atoms with Crippen LogP contribution in [0.3, 0.4) is 0 Å². The molecule has 106 valence electrons. The predicted octanol–water partition coefficient (Wildman–Crippen LogP) is 2.23. The van der Waals surface area contributed by atoms with Gasteiger partial charge >= 0.3 is 0 Å². The van der Waals surface area contributed by atoms with E-state index in [9.17, 15) is 4.79 Å². The van der Waals surface area contributed by atoms with Crippen LogP contribution < -0.4 is 10.2 Å². The van der Waals surface area contributed by atoms with Gasteiger partial charge in [-0.1, -0.05) is 6.92 Å². The van der Waals surface area contributed by atoms with Crippen LogP contribution in [-0.2, 0) is 11.2 Å². The zero-order valence-corrected chi connectivity index (χ0v) is 12.7. The van der Waals surface area contributed by atoms with Gasteiger partial charge in [0.25, 0.3) is 0 Å². The first-order chi connectivity index (χ1) is 9.67. The van der Waals surface area contributed by atoms with E-state index in [0.29, 0.717) is 13.1 Å². The lowest BCUT2D eigenvalue weighted by atomic mass is 10.3. The number of hydrogen-bond donors (Lipinski definition) is 1. The van der Waals surface area contributed by atoms with Crippen molar-refractivity contribution in [2.75, 3.05) is 24.5 Å². The minimum absolute atomic E-state index is 0.0244. The summed E-state index contributed by atoms with van der Waals surface area (Å²) in [6.45, 7) is 3.93. The molecule has 1 N–H and O–H groups in total. The highest BCUT2D eigenvalue weighted by Crippen LogP contribution is 2.32. The molecule has 0 aromatic carbocycles. The fourth-order valence-corrected chi connectivity index (χ4v) is 3.51. The molecule has 0 atom stereocenters. The highest BCUT2D eigenvalue weighted by molar-refractivity contribution is 7.18. The second-order valence-electron chi connectivity index (χ2n) is 4.73. The SMILES string of the molecule is CCc1cc2c(N3CCCNC(=O)C3)nc(Cl)nc2s1. The van der Waals surface area contributed by atoms with Crippen LogP contribution >= 0.6 is 22.9 Å². The number of rotatable bonds is 2. The maximum Gasteiger partial charge on any atom is 0.239 e. The minimum Gasteiger partial charge on any atom is -0.354 e. The molecular weight excluding hydrogens is 296 g/mol. The summed E-state index contributed by atoms with van der Waals surface area (Å²) in [7, 11) is 0. The van der Waals surface area contributed by atoms with Crippen LogP contribution in [0.2, 0.25) is 5.28 Å². The van der Waals surface area contributed by atoms with E-state index < -0.39 is 0 Å². The first-order valence-corrected chi connectivity index (χ1v) is 7.84. The molecule has 20 heavy (non-hydrogen) atoms. The maximum atomic E-state index is 11.7. The second-order valence-corrected chi connectivity index (χ2v) is 6.18. The van der Waals surface area contributed by atoms with Gasteiger partial charge in [-0.05, 0) is 30.5 Å². The normalized spacial score (nSPS) is 16.3. The Kier molecular flexibility index (Phi) is 3.76. The van der Waals surface area contributed by atoms with Gasteiger partial charge in [0.05, 0.1) is 11.9 Å². The van der Waals surface area contributed by atoms with E-state index in [4.69, 9.17) is 11.6 Å². The highest BCUT2D eigenvalue weighted by Gasteiger charge is 2.20. The zero-order chi connectivity index (χ0) is 14.1. The van der Waals surface area contributed by atoms with Gasteiger partial charge in [-0.3, -0.25) is 4.79 Å². The molecule has 0 aliphatic carbocycles. The summed E-state index contributed by atoms with van der Waals surface area (Å²) in [5.41, 5.74) is 0. The first kappa shape index (κ1) is 13.6. The van der Waals surface area contributed by atoms with Gasteiger partial charge < -0.3 is 10.2 Å². The number of nitrogens with zero attached hydrogens (tertiary/aromatic N) is 3. The number of carbonyl (C=O) groups is 1. The quantitative estimate of drug-likeness (QED) is 0.864. The number of aromatic nitrogens is 2. The summed E-state index contributed by atoms with van der Waals surface area (Å²) in [5.74, 6) is 0.796. The standard InChI is InChI=1S/C13H15ClN4OS/c1-2-8-6-9-11(16-13(14)17-12(9)20-8)18-5-3-4-15-10(19)7-18/h6H,2-5,7H2,1H3,(H,15,19). The fraction of sp³-hybridized carbons (Fsp3) is 0.462. The van der Waals surface area contributed by atoms with Crippen LogP contribution in [0.5, 0.6) is 0 Å². The van der Waals surface area contributed by atoms with E-state index in [1.807, 2.05) is 4.90 Å². The lowest BCUT2D eigenvalue weighted by molar-refractivity contribution is -0.119. The van der Waals surface area contributed by atoms with Crippen LogP contribution in [-0.4, -0.2) is 35.5 Å². The monoisotopic (exact) mass is 310 g/mol. The fourth-order valence-electron chi connectivity index (χ4n) is 2.33. The van der Waals surface area contributed by atoms with E-state index in [2.05, 4.69) is 28.3 Å². The molecule has 1 aliphatic heterocycles. The molecule has 3 heterocycles. The van der Waals surface area contributed by atoms with Crippen LogP contribution in [0, 0.1) is 0 Å². The molecule has 1 aliphatic rings. The molecule has 1 fully saturated rings. The molecule has 3 rings (SSSR count). The third-order valence-corrected chi connectivity index (χ3v) is 4.65. The third-order valence-electron chi connectivity index (χ3n) is 3.31. The lowest BCUT2D eigenvalue weighted by Gasteiger charge is -2.20. The van der Waals surface area contributed by atoms with Crippen molar-refractivity contribution in [3.8, 4) is 0 Å². The van der Waals surface area contributed by atoms with E-state index in [-0.39, 0.29) is 11.2 Å². The number of hydrogen-bond acceptors (Lipinski definition) is 5. The molecule has 0 bridgehead atoms. The van der Waals surface area contributed by atoms with E-state index in [0.717, 1.165) is 35.4 Å². The Morgan fingerprint density at radius 1 is 1.50 bits per heavy atom. The summed E-state index contributed by atoms with van der Waals surface area (Å²) < 4.78 is 0. The summed E-state index contributed by atoms with van der Waals surface area (Å²) >= 11 is 7.66. The number of anilines is 1. The van der Waals surface area contributed by atoms with E-state index in [1.54, 1.807) is 11.3 Å². The van der Waals surface area contributed by atoms with Crippen molar-refractivity contribution in [2.45, 2.75) is 19.8 Å². The molecule has 0 saturated carbocycles. The van der Waals surface area contributed by atoms with Gasteiger partial charge in [0.2, 0.25) is 11.2 Å². The highest BCUT2D eigenvalue weighted by atomic mass is 35.5. The number of amides is 1. The van der Waals surface area contributed by atoms with Crippen molar-refractivity contribution in [3.63, 3.8) is 0 Å². The van der Waals surface area contributed by atoms with Crippen LogP contribution in [0.25, 0.3) is 10.2 Å². The summed E-state index contributed by atoms with van der Waals surface area (Å²) in [6, 6.07) is 2.11. The Morgan fingerprint density at radius 2 is 2.35 bits per heavy atom. The molecule has 2 aromatic rings. The average Bonchev–Trinajstić information content (AvgIpc) is 2.71. The van der Waals surface area contributed by atoms with Crippen molar-refractivity contribution < 1.29 is 4.79 Å². The number of halogens is 1. The predicted molar refractivity (Wildman–Crippen MR) is 81.6 cm³/mol. The third kappa shape index (κ3) is 2.58. The molecule has 0 spiro atoms. The average molecular weight is 311 g/mol. The van der Waals surface area contributed by atoms with Crippen molar-refractivity contribution >= 4 is 44.9 Å². The molecule has 1 amide bonds. The molecular formula is C13H15ClN4OS. The summed E-state index contributed by atoms with van der Waals surface area (Å²) in [5, 5.41) is 4.10. The first-order valence-electron chi connectivity index (χ1n) is 6.65. The maximum absolute atomic E-state index is 11.7. The van der Waals surface area contributed by atoms with Gasteiger partial charge in [0.15, 0.2) is 0 Å². The van der Waals surface area contributed by atoms with Gasteiger partial charge in [-0.25, -0.2) is 4.98 Å². The number of aryl methyl sites for hydroxylation is 1. The number of fused-ring (bicyclic) bond motifs is 1. The van der Waals surface area contributed by atoms with E-state index >= 15 is 0 Å².